The topological polar surface area (TPSA) is 118 Å². The highest BCUT2D eigenvalue weighted by Gasteiger charge is 2.21. The van der Waals surface area contributed by atoms with Crippen molar-refractivity contribution in [3.63, 3.8) is 0 Å². The van der Waals surface area contributed by atoms with Gasteiger partial charge in [0, 0.05) is 18.7 Å². The number of carbonyl (C=O) groups excluding carboxylic acids is 1. The summed E-state index contributed by atoms with van der Waals surface area (Å²) in [6, 6.07) is 2.18. The van der Waals surface area contributed by atoms with Crippen LogP contribution in [0.1, 0.15) is 13.3 Å². The number of benzene rings is 1. The Hall–Kier alpha value is -2.07. The number of hydrogen-bond donors (Lipinski definition) is 2. The molecule has 0 aliphatic carbocycles. The molecule has 0 bridgehead atoms. The second-order valence-electron chi connectivity index (χ2n) is 4.04. The van der Waals surface area contributed by atoms with E-state index in [1.165, 1.54) is 0 Å². The van der Waals surface area contributed by atoms with Gasteiger partial charge in [0.25, 0.3) is 0 Å². The third kappa shape index (κ3) is 4.76. The first kappa shape index (κ1) is 17.0. The summed E-state index contributed by atoms with van der Waals surface area (Å²) in [7, 11) is -4.12. The van der Waals surface area contributed by atoms with E-state index in [1.54, 1.807) is 0 Å². The van der Waals surface area contributed by atoms with Crippen LogP contribution in [0.3, 0.4) is 0 Å². The number of nitrogens with one attached hydrogen (secondary N) is 2. The first-order chi connectivity index (χ1) is 9.77. The van der Waals surface area contributed by atoms with Crippen LogP contribution < -0.4 is 10.0 Å². The van der Waals surface area contributed by atoms with Gasteiger partial charge < -0.3 is 5.32 Å². The summed E-state index contributed by atoms with van der Waals surface area (Å²) in [5, 5.41) is 12.9. The van der Waals surface area contributed by atoms with E-state index in [9.17, 15) is 27.7 Å². The van der Waals surface area contributed by atoms with Crippen LogP contribution in [0.4, 0.5) is 10.1 Å². The number of rotatable bonds is 7. The summed E-state index contributed by atoms with van der Waals surface area (Å²) in [6.45, 7) is 1.75. The second kappa shape index (κ2) is 7.09. The van der Waals surface area contributed by atoms with E-state index in [1.807, 2.05) is 11.6 Å². The zero-order chi connectivity index (χ0) is 16.0. The largest absolute Gasteiger partial charge is 0.355 e. The number of halogens is 1. The summed E-state index contributed by atoms with van der Waals surface area (Å²) in [5.74, 6) is -1.79. The van der Waals surface area contributed by atoms with Crippen molar-refractivity contribution in [2.24, 2.45) is 0 Å². The number of carbonyl (C=O) groups is 1. The molecule has 8 nitrogen and oxygen atoms in total. The maximum absolute atomic E-state index is 13.4. The average molecular weight is 319 g/mol. The Morgan fingerprint density at radius 3 is 2.62 bits per heavy atom. The maximum atomic E-state index is 13.4. The molecule has 2 N–H and O–H groups in total. The van der Waals surface area contributed by atoms with Crippen molar-refractivity contribution in [2.45, 2.75) is 18.2 Å². The highest BCUT2D eigenvalue weighted by Crippen LogP contribution is 2.20. The molecule has 0 heterocycles. The molecule has 0 saturated heterocycles. The highest BCUT2D eigenvalue weighted by atomic mass is 32.2. The van der Waals surface area contributed by atoms with E-state index in [2.05, 4.69) is 5.32 Å². The quantitative estimate of drug-likeness (QED) is 0.561. The molecular weight excluding hydrogens is 305 g/mol. The Bertz CT molecular complexity index is 647. The van der Waals surface area contributed by atoms with E-state index in [0.29, 0.717) is 19.0 Å². The smallest absolute Gasteiger partial charge is 0.304 e. The maximum Gasteiger partial charge on any atom is 0.304 e. The molecule has 0 radical (unpaired) electrons. The summed E-state index contributed by atoms with van der Waals surface area (Å²) in [4.78, 5) is 20.3. The van der Waals surface area contributed by atoms with Crippen molar-refractivity contribution in [2.75, 3.05) is 13.1 Å². The van der Waals surface area contributed by atoms with Crippen LogP contribution in [0.25, 0.3) is 0 Å². The number of hydrogen-bond acceptors (Lipinski definition) is 5. The molecule has 0 atom stereocenters. The fraction of sp³-hybridized carbons (Fsp3) is 0.364. The van der Waals surface area contributed by atoms with Crippen molar-refractivity contribution in [3.05, 3.63) is 34.1 Å². The highest BCUT2D eigenvalue weighted by molar-refractivity contribution is 7.89. The number of nitrogens with zero attached hydrogens (tertiary/aromatic N) is 1. The van der Waals surface area contributed by atoms with E-state index >= 15 is 0 Å². The van der Waals surface area contributed by atoms with Gasteiger partial charge in [0.1, 0.15) is 0 Å². The predicted molar refractivity (Wildman–Crippen MR) is 71.5 cm³/mol. The standard InChI is InChI=1S/C11H14FN3O5S/c1-2-5-13-11(16)7-14-21(19,20)8-3-4-10(15(17)18)9(12)6-8/h3-4,6,14H,2,5,7H2,1H3,(H,13,16). The molecule has 0 aliphatic heterocycles. The molecular formula is C11H14FN3O5S. The minimum atomic E-state index is -4.12. The lowest BCUT2D eigenvalue weighted by Crippen LogP contribution is -2.37. The molecule has 0 saturated carbocycles. The SMILES string of the molecule is CCCNC(=O)CNS(=O)(=O)c1ccc([N+](=O)[O-])c(F)c1. The first-order valence-electron chi connectivity index (χ1n) is 5.98. The summed E-state index contributed by atoms with van der Waals surface area (Å²) < 4.78 is 39.0. The molecule has 21 heavy (non-hydrogen) atoms. The first-order valence-corrected chi connectivity index (χ1v) is 7.46. The number of nitro groups is 1. The van der Waals surface area contributed by atoms with Crippen molar-refractivity contribution in [1.82, 2.24) is 10.0 Å². The number of nitro benzene ring substituents is 1. The Balaban J connectivity index is 2.81. The van der Waals surface area contributed by atoms with Crippen LogP contribution in [0, 0.1) is 15.9 Å². The Kier molecular flexibility index (Phi) is 5.73. The Morgan fingerprint density at radius 1 is 1.43 bits per heavy atom. The van der Waals surface area contributed by atoms with E-state index in [0.717, 1.165) is 12.1 Å². The van der Waals surface area contributed by atoms with Gasteiger partial charge in [-0.05, 0) is 12.5 Å². The fourth-order valence-corrected chi connectivity index (χ4v) is 2.37. The molecule has 0 spiro atoms. The van der Waals surface area contributed by atoms with Crippen LogP contribution in [0.15, 0.2) is 23.1 Å². The normalized spacial score (nSPS) is 11.1. The van der Waals surface area contributed by atoms with Gasteiger partial charge in [-0.3, -0.25) is 14.9 Å². The van der Waals surface area contributed by atoms with Crippen molar-refractivity contribution in [3.8, 4) is 0 Å². The van der Waals surface area contributed by atoms with Crippen molar-refractivity contribution in [1.29, 1.82) is 0 Å². The molecule has 0 unspecified atom stereocenters. The lowest BCUT2D eigenvalue weighted by atomic mass is 10.3. The second-order valence-corrected chi connectivity index (χ2v) is 5.81. The van der Waals surface area contributed by atoms with Crippen molar-refractivity contribution >= 4 is 21.6 Å². The minimum absolute atomic E-state index is 0.409. The van der Waals surface area contributed by atoms with Gasteiger partial charge in [-0.15, -0.1) is 0 Å². The van der Waals surface area contributed by atoms with E-state index < -0.39 is 43.8 Å². The lowest BCUT2D eigenvalue weighted by Gasteiger charge is -2.07. The molecule has 1 amide bonds. The zero-order valence-electron chi connectivity index (χ0n) is 11.1. The van der Waals surface area contributed by atoms with E-state index in [-0.39, 0.29) is 0 Å². The van der Waals surface area contributed by atoms with Gasteiger partial charge >= 0.3 is 5.69 Å². The fourth-order valence-electron chi connectivity index (χ4n) is 1.37. The van der Waals surface area contributed by atoms with Crippen LogP contribution in [-0.4, -0.2) is 32.3 Å². The molecule has 1 aromatic carbocycles. The molecule has 10 heteroatoms. The van der Waals surface area contributed by atoms with Crippen LogP contribution in [0.2, 0.25) is 0 Å². The molecule has 0 fully saturated rings. The average Bonchev–Trinajstić information content (AvgIpc) is 2.42. The van der Waals surface area contributed by atoms with Gasteiger partial charge in [0.05, 0.1) is 16.4 Å². The molecule has 1 rings (SSSR count). The van der Waals surface area contributed by atoms with Gasteiger partial charge in [-0.1, -0.05) is 6.92 Å². The lowest BCUT2D eigenvalue weighted by molar-refractivity contribution is -0.387. The predicted octanol–water partition coefficient (Wildman–Crippen LogP) is 0.538. The van der Waals surface area contributed by atoms with Gasteiger partial charge in [0.15, 0.2) is 0 Å². The van der Waals surface area contributed by atoms with Gasteiger partial charge in [-0.2, -0.15) is 4.39 Å². The summed E-state index contributed by atoms with van der Waals surface area (Å²) >= 11 is 0. The molecule has 0 aromatic heterocycles. The third-order valence-electron chi connectivity index (χ3n) is 2.42. The number of amides is 1. The third-order valence-corrected chi connectivity index (χ3v) is 3.82. The monoisotopic (exact) mass is 319 g/mol. The van der Waals surface area contributed by atoms with Crippen LogP contribution in [0.5, 0.6) is 0 Å². The Labute approximate surface area is 120 Å². The summed E-state index contributed by atoms with van der Waals surface area (Å²) in [6.07, 6.45) is 0.700. The van der Waals surface area contributed by atoms with Gasteiger partial charge in [0.2, 0.25) is 21.7 Å². The van der Waals surface area contributed by atoms with Gasteiger partial charge in [-0.25, -0.2) is 13.1 Å². The molecule has 0 aliphatic rings. The van der Waals surface area contributed by atoms with Crippen LogP contribution >= 0.6 is 0 Å². The number of sulfonamides is 1. The molecule has 1 aromatic rings. The molecule has 116 valence electrons. The summed E-state index contributed by atoms with van der Waals surface area (Å²) in [5.41, 5.74) is -0.824. The van der Waals surface area contributed by atoms with Crippen LogP contribution in [-0.2, 0) is 14.8 Å². The Morgan fingerprint density at radius 2 is 2.10 bits per heavy atom. The zero-order valence-corrected chi connectivity index (χ0v) is 11.9. The van der Waals surface area contributed by atoms with E-state index in [4.69, 9.17) is 0 Å². The van der Waals surface area contributed by atoms with Crippen molar-refractivity contribution < 1.29 is 22.5 Å². The minimum Gasteiger partial charge on any atom is -0.355 e.